The lowest BCUT2D eigenvalue weighted by atomic mass is 10.3. The summed E-state index contributed by atoms with van der Waals surface area (Å²) >= 11 is 0. The van der Waals surface area contributed by atoms with Crippen molar-refractivity contribution in [3.8, 4) is 0 Å². The zero-order valence-corrected chi connectivity index (χ0v) is 8.82. The minimum absolute atomic E-state index is 0.842. The van der Waals surface area contributed by atoms with Gasteiger partial charge in [-0.1, -0.05) is 18.2 Å². The van der Waals surface area contributed by atoms with Crippen LogP contribution in [0.3, 0.4) is 0 Å². The highest BCUT2D eigenvalue weighted by Gasteiger charge is 2.00. The Bertz CT molecular complexity index is 580. The molecule has 2 aromatic heterocycles. The van der Waals surface area contributed by atoms with E-state index in [1.165, 1.54) is 10.9 Å². The third-order valence-corrected chi connectivity index (χ3v) is 2.65. The number of nitrogens with zero attached hydrogens (tertiary/aromatic N) is 4. The number of fused-ring (bicyclic) bond motifs is 1. The molecular weight excluding hydrogens is 200 g/mol. The van der Waals surface area contributed by atoms with Gasteiger partial charge in [0.15, 0.2) is 0 Å². The first-order chi connectivity index (χ1) is 7.93. The fourth-order valence-corrected chi connectivity index (χ4v) is 1.83. The van der Waals surface area contributed by atoms with Crippen molar-refractivity contribution in [1.29, 1.82) is 0 Å². The van der Waals surface area contributed by atoms with E-state index in [9.17, 15) is 0 Å². The van der Waals surface area contributed by atoms with Crippen LogP contribution in [-0.2, 0) is 13.1 Å². The minimum Gasteiger partial charge on any atom is -0.271 e. The van der Waals surface area contributed by atoms with E-state index in [4.69, 9.17) is 0 Å². The summed E-state index contributed by atoms with van der Waals surface area (Å²) in [5, 5.41) is 9.72. The van der Waals surface area contributed by atoms with Gasteiger partial charge < -0.3 is 0 Å². The van der Waals surface area contributed by atoms with E-state index in [-0.39, 0.29) is 0 Å². The Balaban J connectivity index is 1.84. The molecule has 0 aliphatic heterocycles. The average molecular weight is 212 g/mol. The van der Waals surface area contributed by atoms with Crippen molar-refractivity contribution in [1.82, 2.24) is 19.6 Å². The molecule has 0 aliphatic carbocycles. The lowest BCUT2D eigenvalue weighted by Gasteiger charge is -2.03. The van der Waals surface area contributed by atoms with Crippen LogP contribution in [0.25, 0.3) is 10.9 Å². The summed E-state index contributed by atoms with van der Waals surface area (Å²) in [6.45, 7) is 1.69. The highest BCUT2D eigenvalue weighted by Crippen LogP contribution is 2.12. The van der Waals surface area contributed by atoms with Crippen molar-refractivity contribution in [2.45, 2.75) is 13.1 Å². The predicted molar refractivity (Wildman–Crippen MR) is 62.0 cm³/mol. The fourth-order valence-electron chi connectivity index (χ4n) is 1.83. The van der Waals surface area contributed by atoms with Crippen molar-refractivity contribution < 1.29 is 0 Å². The third-order valence-electron chi connectivity index (χ3n) is 2.65. The maximum atomic E-state index is 4.37. The van der Waals surface area contributed by atoms with Crippen molar-refractivity contribution in [3.63, 3.8) is 0 Å². The molecule has 0 N–H and O–H groups in total. The SMILES string of the molecule is c1ccc2c(c1)cnn2CCn1cccn1. The smallest absolute Gasteiger partial charge is 0.0683 e. The Morgan fingerprint density at radius 3 is 2.81 bits per heavy atom. The largest absolute Gasteiger partial charge is 0.271 e. The van der Waals surface area contributed by atoms with Gasteiger partial charge in [0.25, 0.3) is 0 Å². The second kappa shape index (κ2) is 3.81. The summed E-state index contributed by atoms with van der Waals surface area (Å²) in [5.74, 6) is 0. The summed E-state index contributed by atoms with van der Waals surface area (Å²) in [7, 11) is 0. The number of hydrogen-bond acceptors (Lipinski definition) is 2. The maximum Gasteiger partial charge on any atom is 0.0683 e. The Kier molecular flexibility index (Phi) is 2.18. The molecule has 0 saturated carbocycles. The van der Waals surface area contributed by atoms with Gasteiger partial charge in [0, 0.05) is 17.8 Å². The molecule has 0 spiro atoms. The lowest BCUT2D eigenvalue weighted by Crippen LogP contribution is -2.08. The second-order valence-corrected chi connectivity index (χ2v) is 3.70. The molecule has 2 heterocycles. The molecule has 0 atom stereocenters. The third kappa shape index (κ3) is 1.58. The molecule has 0 fully saturated rings. The number of aromatic nitrogens is 4. The van der Waals surface area contributed by atoms with Crippen LogP contribution >= 0.6 is 0 Å². The van der Waals surface area contributed by atoms with Crippen molar-refractivity contribution >= 4 is 10.9 Å². The van der Waals surface area contributed by atoms with Gasteiger partial charge in [0.2, 0.25) is 0 Å². The van der Waals surface area contributed by atoms with E-state index in [2.05, 4.69) is 22.3 Å². The first-order valence-electron chi connectivity index (χ1n) is 5.31. The Labute approximate surface area is 93.1 Å². The van der Waals surface area contributed by atoms with Crippen LogP contribution < -0.4 is 0 Å². The van der Waals surface area contributed by atoms with E-state index in [1.54, 1.807) is 6.20 Å². The monoisotopic (exact) mass is 212 g/mol. The van der Waals surface area contributed by atoms with Gasteiger partial charge in [-0.2, -0.15) is 10.2 Å². The Morgan fingerprint density at radius 1 is 1.00 bits per heavy atom. The molecule has 1 aromatic carbocycles. The van der Waals surface area contributed by atoms with E-state index < -0.39 is 0 Å². The van der Waals surface area contributed by atoms with E-state index in [0.29, 0.717) is 0 Å². The van der Waals surface area contributed by atoms with Gasteiger partial charge in [0.1, 0.15) is 0 Å². The fraction of sp³-hybridized carbons (Fsp3) is 0.167. The van der Waals surface area contributed by atoms with E-state index in [0.717, 1.165) is 13.1 Å². The highest BCUT2D eigenvalue weighted by molar-refractivity contribution is 5.78. The molecule has 0 saturated heterocycles. The summed E-state index contributed by atoms with van der Waals surface area (Å²) in [6.07, 6.45) is 5.66. The molecule has 0 aliphatic rings. The van der Waals surface area contributed by atoms with Crippen LogP contribution in [0, 0.1) is 0 Å². The molecule has 0 unspecified atom stereocenters. The van der Waals surface area contributed by atoms with Gasteiger partial charge in [-0.25, -0.2) is 0 Å². The van der Waals surface area contributed by atoms with Gasteiger partial charge in [-0.05, 0) is 12.1 Å². The van der Waals surface area contributed by atoms with Crippen molar-refractivity contribution in [2.24, 2.45) is 0 Å². The molecule has 16 heavy (non-hydrogen) atoms. The molecule has 3 rings (SSSR count). The maximum absolute atomic E-state index is 4.37. The standard InChI is InChI=1S/C12H12N4/c1-2-5-12-11(4-1)10-14-16(12)9-8-15-7-3-6-13-15/h1-7,10H,8-9H2. The second-order valence-electron chi connectivity index (χ2n) is 3.70. The van der Waals surface area contributed by atoms with E-state index in [1.807, 2.05) is 40.0 Å². The first-order valence-corrected chi connectivity index (χ1v) is 5.31. The summed E-state index contributed by atoms with van der Waals surface area (Å²) in [6, 6.07) is 10.2. The molecule has 80 valence electrons. The average Bonchev–Trinajstić information content (AvgIpc) is 2.96. The highest BCUT2D eigenvalue weighted by atomic mass is 15.3. The van der Waals surface area contributed by atoms with Gasteiger partial charge in [-0.15, -0.1) is 0 Å². The predicted octanol–water partition coefficient (Wildman–Crippen LogP) is 1.93. The number of hydrogen-bond donors (Lipinski definition) is 0. The van der Waals surface area contributed by atoms with E-state index >= 15 is 0 Å². The van der Waals surface area contributed by atoms with Crippen LogP contribution in [0.5, 0.6) is 0 Å². The molecule has 0 amide bonds. The first kappa shape index (κ1) is 9.15. The topological polar surface area (TPSA) is 35.6 Å². The number of aryl methyl sites for hydroxylation is 2. The molecule has 0 radical (unpaired) electrons. The normalized spacial score (nSPS) is 11.0. The molecule has 4 nitrogen and oxygen atoms in total. The van der Waals surface area contributed by atoms with Gasteiger partial charge >= 0.3 is 0 Å². The quantitative estimate of drug-likeness (QED) is 0.665. The van der Waals surface area contributed by atoms with Gasteiger partial charge in [-0.3, -0.25) is 9.36 Å². The van der Waals surface area contributed by atoms with Crippen molar-refractivity contribution in [2.75, 3.05) is 0 Å². The zero-order valence-electron chi connectivity index (χ0n) is 8.82. The van der Waals surface area contributed by atoms with Crippen LogP contribution in [0.4, 0.5) is 0 Å². The number of rotatable bonds is 3. The van der Waals surface area contributed by atoms with Crippen LogP contribution in [0.2, 0.25) is 0 Å². The molecule has 0 bridgehead atoms. The lowest BCUT2D eigenvalue weighted by molar-refractivity contribution is 0.510. The molecule has 4 heteroatoms. The number of para-hydroxylation sites is 1. The molecule has 3 aromatic rings. The zero-order chi connectivity index (χ0) is 10.8. The summed E-state index contributed by atoms with van der Waals surface area (Å²) in [4.78, 5) is 0. The summed E-state index contributed by atoms with van der Waals surface area (Å²) in [5.41, 5.74) is 1.18. The minimum atomic E-state index is 0.842. The van der Waals surface area contributed by atoms with Crippen LogP contribution in [-0.4, -0.2) is 19.6 Å². The summed E-state index contributed by atoms with van der Waals surface area (Å²) < 4.78 is 3.92. The van der Waals surface area contributed by atoms with Crippen LogP contribution in [0.1, 0.15) is 0 Å². The van der Waals surface area contributed by atoms with Crippen molar-refractivity contribution in [3.05, 3.63) is 48.9 Å². The Hall–Kier alpha value is -2.10. The molecular formula is C12H12N4. The number of benzene rings is 1. The Morgan fingerprint density at radius 2 is 1.94 bits per heavy atom. The van der Waals surface area contributed by atoms with Crippen LogP contribution in [0.15, 0.2) is 48.9 Å². The van der Waals surface area contributed by atoms with Gasteiger partial charge in [0.05, 0.1) is 24.8 Å².